The first-order chi connectivity index (χ1) is 19.5. The molecule has 0 heterocycles. The van der Waals surface area contributed by atoms with Crippen LogP contribution in [-0.4, -0.2) is 30.1 Å². The quantitative estimate of drug-likeness (QED) is 0.253. The van der Waals surface area contributed by atoms with E-state index in [2.05, 4.69) is 21.2 Å². The van der Waals surface area contributed by atoms with Gasteiger partial charge in [0.05, 0.1) is 11.3 Å². The number of nitrogens with one attached hydrogen (secondary N) is 2. The van der Waals surface area contributed by atoms with Gasteiger partial charge in [-0.1, -0.05) is 12.1 Å². The Hall–Kier alpha value is -3.83. The highest BCUT2D eigenvalue weighted by molar-refractivity contribution is 9.10. The molecule has 0 aliphatic carbocycles. The number of benzene rings is 3. The number of carbonyl (C=O) groups excluding carboxylic acids is 2. The molecule has 3 rings (SSSR count). The zero-order valence-electron chi connectivity index (χ0n) is 20.4. The molecule has 0 aliphatic rings. The van der Waals surface area contributed by atoms with Gasteiger partial charge in [0.1, 0.15) is 5.82 Å². The molecule has 0 spiro atoms. The Bertz CT molecular complexity index is 1550. The van der Waals surface area contributed by atoms with E-state index >= 15 is 0 Å². The lowest BCUT2D eigenvalue weighted by molar-refractivity contribution is -0.389. The summed E-state index contributed by atoms with van der Waals surface area (Å²) in [6, 6.07) is 7.23. The molecule has 1 unspecified atom stereocenters. The van der Waals surface area contributed by atoms with Gasteiger partial charge in [-0.15, -0.1) is 0 Å². The highest BCUT2D eigenvalue weighted by Crippen LogP contribution is 2.59. The molecule has 3 aromatic carbocycles. The first-order valence-corrected chi connectivity index (χ1v) is 11.9. The Labute approximate surface area is 240 Å². The molecular weight excluding hydrogens is 687 g/mol. The number of anilines is 2. The van der Waals surface area contributed by atoms with E-state index in [1.165, 1.54) is 18.2 Å². The van der Waals surface area contributed by atoms with Crippen molar-refractivity contribution in [3.63, 3.8) is 0 Å². The Morgan fingerprint density at radius 2 is 1.19 bits per heavy atom. The van der Waals surface area contributed by atoms with Gasteiger partial charge in [-0.2, -0.15) is 48.3 Å². The van der Waals surface area contributed by atoms with Crippen LogP contribution in [0.4, 0.5) is 68.5 Å². The van der Waals surface area contributed by atoms with Gasteiger partial charge in [-0.3, -0.25) is 9.59 Å². The molecule has 232 valence electrons. The van der Waals surface area contributed by atoms with Gasteiger partial charge in [0.25, 0.3) is 11.8 Å². The van der Waals surface area contributed by atoms with Crippen LogP contribution < -0.4 is 10.6 Å². The van der Waals surface area contributed by atoms with Gasteiger partial charge in [0.15, 0.2) is 0 Å². The summed E-state index contributed by atoms with van der Waals surface area (Å²) in [5, 5.41) is 3.90. The summed E-state index contributed by atoms with van der Waals surface area (Å²) in [5.74, 6) is -10.3. The van der Waals surface area contributed by atoms with Gasteiger partial charge < -0.3 is 10.6 Å². The maximum absolute atomic E-state index is 14.9. The molecule has 0 aromatic heterocycles. The lowest BCUT2D eigenvalue weighted by atomic mass is 9.86. The first-order valence-electron chi connectivity index (χ1n) is 11.1. The standard InChI is InChI=1S/C25H12BrF13N2O2/c26-17-10-13(21(28,24(34,35)36)23(32,33)25(37,38)39)9-16(22(29,30)31)18(17)41-20(43)12-4-2-6-15(8-12)40-19(42)11-3-1-5-14(27)7-11/h1-10H,(H,40,42)(H,41,43). The fourth-order valence-electron chi connectivity index (χ4n) is 3.63. The zero-order chi connectivity index (χ0) is 32.8. The van der Waals surface area contributed by atoms with Gasteiger partial charge in [-0.25, -0.2) is 8.78 Å². The van der Waals surface area contributed by atoms with E-state index in [0.29, 0.717) is 0 Å². The maximum Gasteiger partial charge on any atom is 0.457 e. The topological polar surface area (TPSA) is 58.2 Å². The number of hydrogen-bond donors (Lipinski definition) is 2. The molecule has 0 bridgehead atoms. The number of halogens is 14. The van der Waals surface area contributed by atoms with E-state index < -0.39 is 86.7 Å². The van der Waals surface area contributed by atoms with Crippen molar-refractivity contribution in [2.75, 3.05) is 10.6 Å². The smallest absolute Gasteiger partial charge is 0.322 e. The van der Waals surface area contributed by atoms with Crippen LogP contribution in [0, 0.1) is 5.82 Å². The van der Waals surface area contributed by atoms with E-state index in [9.17, 15) is 66.7 Å². The first kappa shape index (κ1) is 33.7. The van der Waals surface area contributed by atoms with E-state index in [1.54, 1.807) is 5.32 Å². The molecule has 2 N–H and O–H groups in total. The molecule has 0 saturated carbocycles. The molecule has 18 heteroatoms. The molecule has 3 aromatic rings. The van der Waals surface area contributed by atoms with Crippen molar-refractivity contribution in [1.29, 1.82) is 0 Å². The van der Waals surface area contributed by atoms with Crippen molar-refractivity contribution in [1.82, 2.24) is 0 Å². The average molecular weight is 699 g/mol. The highest BCUT2D eigenvalue weighted by atomic mass is 79.9. The summed E-state index contributed by atoms with van der Waals surface area (Å²) in [4.78, 5) is 25.1. The molecular formula is C25H12BrF13N2O2. The van der Waals surface area contributed by atoms with E-state index in [0.717, 1.165) is 30.3 Å². The van der Waals surface area contributed by atoms with Crippen LogP contribution >= 0.6 is 15.9 Å². The van der Waals surface area contributed by atoms with Crippen LogP contribution in [0.1, 0.15) is 31.8 Å². The largest absolute Gasteiger partial charge is 0.457 e. The molecule has 1 atom stereocenters. The third-order valence-corrected chi connectivity index (χ3v) is 6.31. The minimum absolute atomic E-state index is 0.144. The van der Waals surface area contributed by atoms with Gasteiger partial charge >= 0.3 is 30.1 Å². The van der Waals surface area contributed by atoms with Crippen molar-refractivity contribution in [3.8, 4) is 0 Å². The normalized spacial score (nSPS) is 14.2. The molecule has 2 amide bonds. The second-order valence-corrected chi connectivity index (χ2v) is 9.46. The van der Waals surface area contributed by atoms with Crippen molar-refractivity contribution in [2.24, 2.45) is 0 Å². The second-order valence-electron chi connectivity index (χ2n) is 8.61. The molecule has 0 aliphatic heterocycles. The van der Waals surface area contributed by atoms with Crippen LogP contribution in [0.5, 0.6) is 0 Å². The minimum Gasteiger partial charge on any atom is -0.322 e. The summed E-state index contributed by atoms with van der Waals surface area (Å²) in [5.41, 5.74) is -14.1. The van der Waals surface area contributed by atoms with E-state index in [-0.39, 0.29) is 11.3 Å². The summed E-state index contributed by atoms with van der Waals surface area (Å²) in [7, 11) is 0. The third-order valence-electron chi connectivity index (χ3n) is 5.68. The number of hydrogen-bond acceptors (Lipinski definition) is 2. The lowest BCUT2D eigenvalue weighted by Gasteiger charge is -2.36. The summed E-state index contributed by atoms with van der Waals surface area (Å²) < 4.78 is 175. The molecule has 0 fully saturated rings. The number of carbonyl (C=O) groups is 2. The lowest BCUT2D eigenvalue weighted by Crippen LogP contribution is -2.59. The molecule has 43 heavy (non-hydrogen) atoms. The van der Waals surface area contributed by atoms with Crippen molar-refractivity contribution >= 4 is 39.1 Å². The monoisotopic (exact) mass is 698 g/mol. The second kappa shape index (κ2) is 11.3. The Kier molecular flexibility index (Phi) is 8.89. The number of rotatable bonds is 6. The fraction of sp³-hybridized carbons (Fsp3) is 0.200. The summed E-state index contributed by atoms with van der Waals surface area (Å²) in [6.07, 6.45) is -20.1. The fourth-order valence-corrected chi connectivity index (χ4v) is 4.19. The maximum atomic E-state index is 14.9. The van der Waals surface area contributed by atoms with E-state index in [1.807, 2.05) is 0 Å². The van der Waals surface area contributed by atoms with Crippen molar-refractivity contribution < 1.29 is 66.7 Å². The van der Waals surface area contributed by atoms with Gasteiger partial charge in [-0.05, 0) is 64.5 Å². The van der Waals surface area contributed by atoms with Crippen molar-refractivity contribution in [3.05, 3.63) is 93.2 Å². The summed E-state index contributed by atoms with van der Waals surface area (Å²) in [6.45, 7) is 0. The van der Waals surface area contributed by atoms with Crippen molar-refractivity contribution in [2.45, 2.75) is 30.1 Å². The Morgan fingerprint density at radius 1 is 0.651 bits per heavy atom. The highest BCUT2D eigenvalue weighted by Gasteiger charge is 2.82. The number of alkyl halides is 12. The predicted octanol–water partition coefficient (Wildman–Crippen LogP) is 9.04. The van der Waals surface area contributed by atoms with Crippen LogP contribution in [0.25, 0.3) is 0 Å². The molecule has 4 nitrogen and oxygen atoms in total. The van der Waals surface area contributed by atoms with Crippen LogP contribution in [-0.2, 0) is 11.8 Å². The predicted molar refractivity (Wildman–Crippen MR) is 128 cm³/mol. The average Bonchev–Trinajstić information content (AvgIpc) is 2.87. The summed E-state index contributed by atoms with van der Waals surface area (Å²) >= 11 is 2.28. The molecule has 0 saturated heterocycles. The van der Waals surface area contributed by atoms with Gasteiger partial charge in [0, 0.05) is 26.9 Å². The SMILES string of the molecule is O=C(Nc1cccc(C(=O)Nc2c(Br)cc(C(F)(C(F)(F)F)C(F)(F)C(F)(F)F)cc2C(F)(F)F)c1)c1cccc(F)c1. The van der Waals surface area contributed by atoms with E-state index in [4.69, 9.17) is 0 Å². The van der Waals surface area contributed by atoms with Crippen LogP contribution in [0.3, 0.4) is 0 Å². The van der Waals surface area contributed by atoms with Crippen LogP contribution in [0.15, 0.2) is 65.1 Å². The Morgan fingerprint density at radius 3 is 1.70 bits per heavy atom. The minimum atomic E-state index is -7.25. The third kappa shape index (κ3) is 6.57. The van der Waals surface area contributed by atoms with Gasteiger partial charge in [0.2, 0.25) is 0 Å². The molecule has 0 radical (unpaired) electrons. The zero-order valence-corrected chi connectivity index (χ0v) is 22.0. The number of amides is 2. The Balaban J connectivity index is 2.05. The van der Waals surface area contributed by atoms with Crippen LogP contribution in [0.2, 0.25) is 0 Å².